The number of hydrogen-bond donors (Lipinski definition) is 0. The van der Waals surface area contributed by atoms with Gasteiger partial charge in [0.25, 0.3) is 0 Å². The van der Waals surface area contributed by atoms with Gasteiger partial charge in [0.2, 0.25) is 0 Å². The molecule has 0 fully saturated rings. The van der Waals surface area contributed by atoms with Gasteiger partial charge in [-0.1, -0.05) is 191 Å². The number of furan rings is 2. The minimum absolute atomic E-state index is 0.00425. The number of benzene rings is 10. The summed E-state index contributed by atoms with van der Waals surface area (Å²) in [5.74, 6) is 0.448. The van der Waals surface area contributed by atoms with Gasteiger partial charge in [0, 0.05) is 43.7 Å². The summed E-state index contributed by atoms with van der Waals surface area (Å²) in [6.45, 7) is 22.9. The third-order valence-corrected chi connectivity index (χ3v) is 14.9. The fourth-order valence-electron chi connectivity index (χ4n) is 11.1. The Kier molecular flexibility index (Phi) is 9.99. The van der Waals surface area contributed by atoms with Crippen molar-refractivity contribution >= 4 is 110 Å². The zero-order valence-corrected chi connectivity index (χ0v) is 42.0. The van der Waals surface area contributed by atoms with Crippen molar-refractivity contribution in [2.45, 2.75) is 91.9 Å². The van der Waals surface area contributed by atoms with Gasteiger partial charge >= 0.3 is 0 Å². The average Bonchev–Trinajstić information content (AvgIpc) is 3.93. The van der Waals surface area contributed by atoms with E-state index in [0.717, 1.165) is 78.0 Å². The predicted molar refractivity (Wildman–Crippen MR) is 300 cm³/mol. The van der Waals surface area contributed by atoms with E-state index < -0.39 is 0 Å². The van der Waals surface area contributed by atoms with E-state index >= 15 is 0 Å². The first-order valence-corrected chi connectivity index (χ1v) is 25.1. The molecule has 4 heteroatoms. The monoisotopic (exact) mass is 912 g/mol. The van der Waals surface area contributed by atoms with Crippen molar-refractivity contribution in [3.8, 4) is 0 Å². The van der Waals surface area contributed by atoms with Crippen LogP contribution in [0.5, 0.6) is 0 Å². The highest BCUT2D eigenvalue weighted by molar-refractivity contribution is 6.29. The second kappa shape index (κ2) is 16.0. The summed E-state index contributed by atoms with van der Waals surface area (Å²) < 4.78 is 13.9. The summed E-state index contributed by atoms with van der Waals surface area (Å²) in [5.41, 5.74) is 15.2. The van der Waals surface area contributed by atoms with Gasteiger partial charge in [-0.2, -0.15) is 0 Å². The van der Waals surface area contributed by atoms with Crippen LogP contribution in [0.2, 0.25) is 0 Å². The summed E-state index contributed by atoms with van der Waals surface area (Å²) in [6, 6.07) is 63.1. The minimum Gasteiger partial charge on any atom is -0.454 e. The van der Waals surface area contributed by atoms with E-state index in [0.29, 0.717) is 0 Å². The summed E-state index contributed by atoms with van der Waals surface area (Å²) in [6.07, 6.45) is 0. The van der Waals surface area contributed by atoms with Crippen molar-refractivity contribution < 1.29 is 8.83 Å². The van der Waals surface area contributed by atoms with E-state index in [9.17, 15) is 0 Å². The van der Waals surface area contributed by atoms with Gasteiger partial charge in [-0.3, -0.25) is 0 Å². The molecule has 4 nitrogen and oxygen atoms in total. The first-order valence-electron chi connectivity index (χ1n) is 25.1. The van der Waals surface area contributed by atoms with Crippen LogP contribution in [-0.2, 0) is 10.8 Å². The lowest BCUT2D eigenvalue weighted by molar-refractivity contribution is 0.590. The molecule has 0 unspecified atom stereocenters. The van der Waals surface area contributed by atoms with E-state index in [1.165, 1.54) is 54.6 Å². The maximum Gasteiger partial charge on any atom is 0.159 e. The molecule has 0 atom stereocenters. The van der Waals surface area contributed by atoms with Crippen LogP contribution in [0.1, 0.15) is 103 Å². The maximum absolute atomic E-state index is 6.97. The van der Waals surface area contributed by atoms with Crippen LogP contribution in [0.3, 0.4) is 0 Å². The highest BCUT2D eigenvalue weighted by Gasteiger charge is 2.30. The zero-order chi connectivity index (χ0) is 48.4. The van der Waals surface area contributed by atoms with Crippen LogP contribution in [-0.4, -0.2) is 0 Å². The normalized spacial score (nSPS) is 12.7. The molecule has 12 rings (SSSR count). The van der Waals surface area contributed by atoms with Crippen LogP contribution in [0.15, 0.2) is 179 Å². The van der Waals surface area contributed by atoms with E-state index in [4.69, 9.17) is 8.83 Å². The Morgan fingerprint density at radius 3 is 1.09 bits per heavy atom. The molecule has 0 aliphatic carbocycles. The molecule has 10 aromatic carbocycles. The fourth-order valence-corrected chi connectivity index (χ4v) is 11.1. The second-order valence-electron chi connectivity index (χ2n) is 22.1. The molecule has 0 spiro atoms. The molecular weight excluding hydrogens is 853 g/mol. The Hall–Kier alpha value is -7.56. The van der Waals surface area contributed by atoms with Crippen LogP contribution >= 0.6 is 0 Å². The van der Waals surface area contributed by atoms with Gasteiger partial charge in [0.1, 0.15) is 11.2 Å². The third kappa shape index (κ3) is 6.86. The van der Waals surface area contributed by atoms with Crippen LogP contribution in [0.4, 0.5) is 34.1 Å². The van der Waals surface area contributed by atoms with Gasteiger partial charge < -0.3 is 18.6 Å². The van der Waals surface area contributed by atoms with Gasteiger partial charge in [-0.05, 0) is 115 Å². The number of nitrogens with zero attached hydrogens (tertiary/aromatic N) is 2. The van der Waals surface area contributed by atoms with E-state index in [2.05, 4.69) is 249 Å². The smallest absolute Gasteiger partial charge is 0.159 e. The van der Waals surface area contributed by atoms with E-state index in [-0.39, 0.29) is 22.7 Å². The molecule has 70 heavy (non-hydrogen) atoms. The molecule has 0 saturated carbocycles. The standard InChI is InChI=1S/C66H60N2O2/c1-39(2)47-33-35-51-49-15-11-13-17-57(49)69-63(51)61(47)67(45-27-23-43(24-28-45)65(5,6)7)55-37-21-41-20-32-54-56(38-22-42-19-31-53(55)59(41)60(42)54)68(46-29-25-44(26-30-46)66(8,9)10)62-48(40(3)4)34-36-52-50-16-12-14-18-58(50)70-64(52)62/h11-40H,1-10H3. The lowest BCUT2D eigenvalue weighted by Gasteiger charge is -2.32. The zero-order valence-electron chi connectivity index (χ0n) is 42.0. The highest BCUT2D eigenvalue weighted by Crippen LogP contribution is 2.53. The topological polar surface area (TPSA) is 32.8 Å². The number of para-hydroxylation sites is 2. The van der Waals surface area contributed by atoms with Gasteiger partial charge in [0.05, 0.1) is 22.7 Å². The Morgan fingerprint density at radius 2 is 0.714 bits per heavy atom. The number of fused-ring (bicyclic) bond motifs is 6. The summed E-state index contributed by atoms with van der Waals surface area (Å²) in [7, 11) is 0. The number of hydrogen-bond acceptors (Lipinski definition) is 4. The molecule has 0 aliphatic heterocycles. The van der Waals surface area contributed by atoms with Gasteiger partial charge in [0.15, 0.2) is 11.2 Å². The molecule has 2 heterocycles. The van der Waals surface area contributed by atoms with Crippen LogP contribution < -0.4 is 9.80 Å². The predicted octanol–water partition coefficient (Wildman–Crippen LogP) is 20.2. The van der Waals surface area contributed by atoms with Gasteiger partial charge in [-0.15, -0.1) is 0 Å². The van der Waals surface area contributed by atoms with Crippen molar-refractivity contribution in [3.05, 3.63) is 192 Å². The number of anilines is 6. The lowest BCUT2D eigenvalue weighted by Crippen LogP contribution is -2.16. The van der Waals surface area contributed by atoms with Crippen molar-refractivity contribution in [3.63, 3.8) is 0 Å². The third-order valence-electron chi connectivity index (χ3n) is 14.9. The molecule has 0 amide bonds. The van der Waals surface area contributed by atoms with Crippen LogP contribution in [0.25, 0.3) is 76.2 Å². The highest BCUT2D eigenvalue weighted by atomic mass is 16.3. The van der Waals surface area contributed by atoms with E-state index in [1.807, 2.05) is 0 Å². The minimum atomic E-state index is 0.00425. The lowest BCUT2D eigenvalue weighted by atomic mass is 9.86. The van der Waals surface area contributed by atoms with Crippen molar-refractivity contribution in [1.29, 1.82) is 0 Å². The quantitative estimate of drug-likeness (QED) is 0.142. The molecular formula is C66H60N2O2. The summed E-state index contributed by atoms with van der Waals surface area (Å²) >= 11 is 0. The molecule has 0 aliphatic rings. The maximum atomic E-state index is 6.97. The van der Waals surface area contributed by atoms with Crippen molar-refractivity contribution in [2.75, 3.05) is 9.80 Å². The molecule has 0 bridgehead atoms. The summed E-state index contributed by atoms with van der Waals surface area (Å²) in [4.78, 5) is 4.97. The van der Waals surface area contributed by atoms with E-state index in [1.54, 1.807) is 0 Å². The molecule has 2 aromatic heterocycles. The molecule has 0 N–H and O–H groups in total. The fraction of sp³-hybridized carbons (Fsp3) is 0.212. The largest absolute Gasteiger partial charge is 0.454 e. The van der Waals surface area contributed by atoms with Gasteiger partial charge in [-0.25, -0.2) is 0 Å². The molecule has 0 saturated heterocycles. The second-order valence-corrected chi connectivity index (χ2v) is 22.1. The molecule has 0 radical (unpaired) electrons. The molecule has 346 valence electrons. The Balaban J connectivity index is 1.16. The Labute approximate surface area is 411 Å². The van der Waals surface area contributed by atoms with Crippen molar-refractivity contribution in [1.82, 2.24) is 0 Å². The first kappa shape index (κ1) is 43.7. The van der Waals surface area contributed by atoms with Crippen LogP contribution in [0, 0.1) is 0 Å². The van der Waals surface area contributed by atoms with Crippen molar-refractivity contribution in [2.24, 2.45) is 0 Å². The number of rotatable bonds is 8. The molecule has 12 aromatic rings. The first-order chi connectivity index (χ1) is 33.7. The Morgan fingerprint density at radius 1 is 0.357 bits per heavy atom. The summed E-state index contributed by atoms with van der Waals surface area (Å²) in [5, 5.41) is 11.7. The SMILES string of the molecule is CC(C)c1ccc2c(oc3ccccc32)c1N(c1ccc(C(C)(C)C)cc1)c1ccc2ccc3c(N(c4ccc(C(C)(C)C)cc4)c4c(C(C)C)ccc5c4oc4ccccc45)ccc4ccc1c2c43. The Bertz CT molecular complexity index is 3700. The average molecular weight is 913 g/mol.